The van der Waals surface area contributed by atoms with Crippen molar-refractivity contribution >= 4 is 11.8 Å². The molecule has 1 aromatic heterocycles. The van der Waals surface area contributed by atoms with Crippen molar-refractivity contribution in [1.82, 2.24) is 4.98 Å². The Labute approximate surface area is 198 Å². The Morgan fingerprint density at radius 1 is 1.09 bits per heavy atom. The van der Waals surface area contributed by atoms with E-state index in [1.165, 1.54) is 25.4 Å². The first kappa shape index (κ1) is 24.9. The van der Waals surface area contributed by atoms with Crippen LogP contribution in [0.3, 0.4) is 0 Å². The predicted octanol–water partition coefficient (Wildman–Crippen LogP) is 5.22. The molecule has 178 valence electrons. The number of ketones is 1. The fourth-order valence-corrected chi connectivity index (χ4v) is 3.88. The lowest BCUT2D eigenvalue weighted by atomic mass is 9.86. The Bertz CT molecular complexity index is 1160. The summed E-state index contributed by atoms with van der Waals surface area (Å²) in [5, 5.41) is 10.2. The van der Waals surface area contributed by atoms with E-state index >= 15 is 0 Å². The van der Waals surface area contributed by atoms with E-state index in [0.29, 0.717) is 5.56 Å². The van der Waals surface area contributed by atoms with Crippen molar-refractivity contribution in [3.8, 4) is 11.5 Å². The Balaban J connectivity index is 1.78. The SMILES string of the molecule is COc1ccnc(C(=O)C[C@@H](C)C(=O)O[C@@H](C)[C@H](c2ccccc2)c2ccc(C)cc2F)c1O. The highest BCUT2D eigenvalue weighted by molar-refractivity contribution is 5.99. The predicted molar refractivity (Wildman–Crippen MR) is 126 cm³/mol. The number of aromatic hydroxyl groups is 1. The van der Waals surface area contributed by atoms with Gasteiger partial charge in [-0.15, -0.1) is 0 Å². The molecule has 0 spiro atoms. The first-order valence-electron chi connectivity index (χ1n) is 11.0. The molecule has 0 fully saturated rings. The van der Waals surface area contributed by atoms with Crippen molar-refractivity contribution < 1.29 is 28.6 Å². The average molecular weight is 466 g/mol. The van der Waals surface area contributed by atoms with E-state index in [0.717, 1.165) is 11.1 Å². The zero-order valence-corrected chi connectivity index (χ0v) is 19.6. The summed E-state index contributed by atoms with van der Waals surface area (Å²) in [6.45, 7) is 5.08. The molecule has 1 heterocycles. The van der Waals surface area contributed by atoms with Crippen molar-refractivity contribution in [2.45, 2.75) is 39.2 Å². The van der Waals surface area contributed by atoms with Gasteiger partial charge in [-0.3, -0.25) is 9.59 Å². The van der Waals surface area contributed by atoms with Crippen LogP contribution in [0.2, 0.25) is 0 Å². The number of pyridine rings is 1. The van der Waals surface area contributed by atoms with E-state index in [4.69, 9.17) is 9.47 Å². The molecule has 0 saturated carbocycles. The fourth-order valence-electron chi connectivity index (χ4n) is 3.88. The summed E-state index contributed by atoms with van der Waals surface area (Å²) in [6, 6.07) is 15.7. The molecule has 3 atom stereocenters. The van der Waals surface area contributed by atoms with Crippen LogP contribution in [0.1, 0.15) is 53.4 Å². The van der Waals surface area contributed by atoms with Crippen LogP contribution in [-0.2, 0) is 9.53 Å². The Kier molecular flexibility index (Phi) is 7.99. The zero-order valence-electron chi connectivity index (χ0n) is 19.6. The summed E-state index contributed by atoms with van der Waals surface area (Å²) >= 11 is 0. The molecule has 1 N–H and O–H groups in total. The second-order valence-electron chi connectivity index (χ2n) is 8.29. The molecule has 0 unspecified atom stereocenters. The number of hydrogen-bond donors (Lipinski definition) is 1. The molecular formula is C27H28FNO5. The molecule has 0 saturated heterocycles. The summed E-state index contributed by atoms with van der Waals surface area (Å²) in [4.78, 5) is 29.4. The quantitative estimate of drug-likeness (QED) is 0.345. The Morgan fingerprint density at radius 2 is 1.79 bits per heavy atom. The molecule has 0 aliphatic carbocycles. The van der Waals surface area contributed by atoms with Gasteiger partial charge in [-0.25, -0.2) is 9.37 Å². The molecule has 0 aliphatic rings. The number of Topliss-reactive ketones (excluding diaryl/α,β-unsaturated/α-hetero) is 1. The van der Waals surface area contributed by atoms with Crippen molar-refractivity contribution in [3.05, 3.63) is 89.0 Å². The van der Waals surface area contributed by atoms with Crippen LogP contribution in [-0.4, -0.2) is 35.1 Å². The molecule has 0 bridgehead atoms. The monoisotopic (exact) mass is 465 g/mol. The van der Waals surface area contributed by atoms with Gasteiger partial charge in [0.05, 0.1) is 13.0 Å². The molecule has 0 aliphatic heterocycles. The highest BCUT2D eigenvalue weighted by Crippen LogP contribution is 2.33. The third-order valence-corrected chi connectivity index (χ3v) is 5.69. The van der Waals surface area contributed by atoms with E-state index in [1.807, 2.05) is 43.3 Å². The lowest BCUT2D eigenvalue weighted by molar-refractivity contribution is -0.153. The van der Waals surface area contributed by atoms with Gasteiger partial charge in [0, 0.05) is 24.6 Å². The van der Waals surface area contributed by atoms with E-state index in [9.17, 15) is 19.1 Å². The third-order valence-electron chi connectivity index (χ3n) is 5.69. The Hall–Kier alpha value is -3.74. The number of benzene rings is 2. The van der Waals surface area contributed by atoms with Crippen LogP contribution in [0.25, 0.3) is 0 Å². The number of ether oxygens (including phenoxy) is 2. The smallest absolute Gasteiger partial charge is 0.309 e. The highest BCUT2D eigenvalue weighted by atomic mass is 19.1. The van der Waals surface area contributed by atoms with Crippen LogP contribution in [0.5, 0.6) is 11.5 Å². The summed E-state index contributed by atoms with van der Waals surface area (Å²) in [5.41, 5.74) is 1.85. The molecular weight excluding hydrogens is 437 g/mol. The van der Waals surface area contributed by atoms with Crippen LogP contribution >= 0.6 is 0 Å². The van der Waals surface area contributed by atoms with E-state index < -0.39 is 29.7 Å². The van der Waals surface area contributed by atoms with E-state index in [2.05, 4.69) is 4.98 Å². The number of aryl methyl sites for hydroxylation is 1. The number of nitrogens with zero attached hydrogens (tertiary/aromatic N) is 1. The van der Waals surface area contributed by atoms with Crippen LogP contribution in [0.15, 0.2) is 60.8 Å². The summed E-state index contributed by atoms with van der Waals surface area (Å²) in [6.07, 6.45) is 0.430. The molecule has 6 nitrogen and oxygen atoms in total. The minimum absolute atomic E-state index is 0.119. The summed E-state index contributed by atoms with van der Waals surface area (Å²) in [7, 11) is 1.37. The molecule has 34 heavy (non-hydrogen) atoms. The van der Waals surface area contributed by atoms with Crippen LogP contribution < -0.4 is 4.74 Å². The number of halogens is 1. The molecule has 2 aromatic carbocycles. The lowest BCUT2D eigenvalue weighted by Crippen LogP contribution is -2.28. The highest BCUT2D eigenvalue weighted by Gasteiger charge is 2.30. The molecule has 3 rings (SSSR count). The zero-order chi connectivity index (χ0) is 24.8. The minimum Gasteiger partial charge on any atom is -0.503 e. The van der Waals surface area contributed by atoms with Gasteiger partial charge < -0.3 is 14.6 Å². The van der Waals surface area contributed by atoms with Gasteiger partial charge in [0.15, 0.2) is 23.0 Å². The first-order valence-corrected chi connectivity index (χ1v) is 11.0. The molecule has 3 aromatic rings. The molecule has 7 heteroatoms. The van der Waals surface area contributed by atoms with Crippen molar-refractivity contribution in [1.29, 1.82) is 0 Å². The maximum Gasteiger partial charge on any atom is 0.309 e. The number of aromatic nitrogens is 1. The molecule has 0 amide bonds. The summed E-state index contributed by atoms with van der Waals surface area (Å²) in [5.74, 6) is -3.08. The standard InChI is InChI=1S/C27H28FNO5/c1-16-10-11-20(21(28)14-16)24(19-8-6-5-7-9-19)18(3)34-27(32)17(2)15-22(30)25-26(31)23(33-4)12-13-29-25/h5-14,17-18,24,31H,15H2,1-4H3/t17-,18+,24-/m1/s1. The number of carbonyl (C=O) groups excluding carboxylic acids is 2. The van der Waals surface area contributed by atoms with Crippen molar-refractivity contribution in [3.63, 3.8) is 0 Å². The van der Waals surface area contributed by atoms with Gasteiger partial charge in [-0.05, 0) is 36.6 Å². The van der Waals surface area contributed by atoms with Gasteiger partial charge in [0.2, 0.25) is 0 Å². The van der Waals surface area contributed by atoms with Gasteiger partial charge in [0.1, 0.15) is 11.9 Å². The third kappa shape index (κ3) is 5.60. The van der Waals surface area contributed by atoms with Crippen molar-refractivity contribution in [2.24, 2.45) is 5.92 Å². The van der Waals surface area contributed by atoms with Gasteiger partial charge in [-0.2, -0.15) is 0 Å². The minimum atomic E-state index is -0.804. The van der Waals surface area contributed by atoms with E-state index in [-0.39, 0.29) is 29.4 Å². The topological polar surface area (TPSA) is 85.7 Å². The summed E-state index contributed by atoms with van der Waals surface area (Å²) < 4.78 is 25.6. The normalized spacial score (nSPS) is 13.6. The number of esters is 1. The van der Waals surface area contributed by atoms with Crippen molar-refractivity contribution in [2.75, 3.05) is 7.11 Å². The first-order chi connectivity index (χ1) is 16.2. The number of rotatable bonds is 9. The van der Waals surface area contributed by atoms with Gasteiger partial charge in [0.25, 0.3) is 0 Å². The second kappa shape index (κ2) is 10.9. The number of methoxy groups -OCH3 is 1. The van der Waals surface area contributed by atoms with Crippen LogP contribution in [0.4, 0.5) is 4.39 Å². The second-order valence-corrected chi connectivity index (χ2v) is 8.29. The maximum atomic E-state index is 14.9. The number of carbonyl (C=O) groups is 2. The maximum absolute atomic E-state index is 14.9. The van der Waals surface area contributed by atoms with E-state index in [1.54, 1.807) is 19.9 Å². The average Bonchev–Trinajstić information content (AvgIpc) is 2.81. The van der Waals surface area contributed by atoms with Crippen LogP contribution in [0, 0.1) is 18.7 Å². The van der Waals surface area contributed by atoms with Gasteiger partial charge in [-0.1, -0.05) is 49.4 Å². The molecule has 0 radical (unpaired) electrons. The largest absolute Gasteiger partial charge is 0.503 e. The fraction of sp³-hybridized carbons (Fsp3) is 0.296. The Morgan fingerprint density at radius 3 is 2.44 bits per heavy atom. The number of hydrogen-bond acceptors (Lipinski definition) is 6. The lowest BCUT2D eigenvalue weighted by Gasteiger charge is -2.26. The van der Waals surface area contributed by atoms with Gasteiger partial charge >= 0.3 is 5.97 Å².